The van der Waals surface area contributed by atoms with E-state index in [4.69, 9.17) is 4.98 Å². The molecule has 1 saturated heterocycles. The number of aldehydes is 1. The van der Waals surface area contributed by atoms with Crippen molar-refractivity contribution in [2.24, 2.45) is 0 Å². The summed E-state index contributed by atoms with van der Waals surface area (Å²) in [7, 11) is 6.00. The Hall–Kier alpha value is -3.02. The molecule has 3 heterocycles. The van der Waals surface area contributed by atoms with E-state index in [-0.39, 0.29) is 0 Å². The van der Waals surface area contributed by atoms with Crippen LogP contribution < -0.4 is 0 Å². The molecule has 1 aliphatic rings. The lowest BCUT2D eigenvalue weighted by Gasteiger charge is -2.30. The van der Waals surface area contributed by atoms with Crippen LogP contribution >= 0.6 is 0 Å². The number of pyridine rings is 1. The molecule has 0 atom stereocenters. The monoisotopic (exact) mass is 484 g/mol. The summed E-state index contributed by atoms with van der Waals surface area (Å²) >= 11 is 0. The molecule has 5 rings (SSSR count). The number of aryl methyl sites for hydroxylation is 1. The number of hydrogen-bond acceptors (Lipinski definition) is 4. The Labute approximate surface area is 215 Å². The minimum atomic E-state index is 0.399. The van der Waals surface area contributed by atoms with Gasteiger partial charge in [0.05, 0.1) is 17.8 Å². The molecule has 0 bridgehead atoms. The fourth-order valence-electron chi connectivity index (χ4n) is 5.37. The molecule has 2 aromatic heterocycles. The summed E-state index contributed by atoms with van der Waals surface area (Å²) in [6, 6.07) is 17.6. The van der Waals surface area contributed by atoms with Crippen LogP contribution in [0.25, 0.3) is 33.1 Å². The van der Waals surface area contributed by atoms with Gasteiger partial charge in [-0.3, -0.25) is 9.88 Å². The van der Waals surface area contributed by atoms with Crippen LogP contribution in [0.5, 0.6) is 0 Å². The number of carbonyl (C=O) groups excluding carboxylic acids is 1. The lowest BCUT2D eigenvalue weighted by molar-refractivity contribution is -0.109. The van der Waals surface area contributed by atoms with Gasteiger partial charge in [-0.2, -0.15) is 0 Å². The summed E-state index contributed by atoms with van der Waals surface area (Å²) in [5, 5.41) is 2.52. The first-order chi connectivity index (χ1) is 17.3. The molecule has 5 heteroatoms. The van der Waals surface area contributed by atoms with Crippen molar-refractivity contribution in [1.29, 1.82) is 0 Å². The quantitative estimate of drug-likeness (QED) is 0.334. The standard InChI is InChI=1S/C28H31N3O.C3H9N/c1-18(2)27-24-17-21(20-10-12-31(13-11-20)14-15-32)8-9-26(24)30-28(27)23-16-19(3)29-25-7-5-4-6-22(23)25;1-4(2)3/h4-9,15-18,20,30H,10-14H2,1-3H3;1-3H3. The van der Waals surface area contributed by atoms with Crippen molar-refractivity contribution in [2.75, 3.05) is 40.8 Å². The summed E-state index contributed by atoms with van der Waals surface area (Å²) in [5.41, 5.74) is 8.53. The van der Waals surface area contributed by atoms with Crippen LogP contribution in [0.4, 0.5) is 0 Å². The molecule has 5 nitrogen and oxygen atoms in total. The number of hydrogen-bond donors (Lipinski definition) is 1. The Morgan fingerprint density at radius 1 is 1.06 bits per heavy atom. The molecule has 0 aliphatic carbocycles. The van der Waals surface area contributed by atoms with Crippen molar-refractivity contribution < 1.29 is 4.79 Å². The maximum atomic E-state index is 10.8. The normalized spacial score (nSPS) is 15.0. The van der Waals surface area contributed by atoms with E-state index in [1.165, 1.54) is 38.7 Å². The Kier molecular flexibility index (Phi) is 8.22. The Balaban J connectivity index is 0.000000709. The van der Waals surface area contributed by atoms with Crippen LogP contribution in [0, 0.1) is 6.92 Å². The third-order valence-electron chi connectivity index (χ3n) is 6.95. The molecule has 0 radical (unpaired) electrons. The number of H-pyrrole nitrogens is 1. The zero-order chi connectivity index (χ0) is 25.8. The number of nitrogens with zero attached hydrogens (tertiary/aromatic N) is 3. The van der Waals surface area contributed by atoms with E-state index >= 15 is 0 Å². The second-order valence-electron chi connectivity index (χ2n) is 10.8. The largest absolute Gasteiger partial charge is 0.354 e. The number of rotatable bonds is 5. The van der Waals surface area contributed by atoms with E-state index in [1.807, 2.05) is 26.0 Å². The van der Waals surface area contributed by atoms with Crippen LogP contribution in [-0.4, -0.2) is 66.8 Å². The highest BCUT2D eigenvalue weighted by Crippen LogP contribution is 2.40. The molecule has 1 aliphatic heterocycles. The maximum absolute atomic E-state index is 10.8. The van der Waals surface area contributed by atoms with Gasteiger partial charge in [-0.15, -0.1) is 0 Å². The second kappa shape index (κ2) is 11.4. The van der Waals surface area contributed by atoms with Gasteiger partial charge in [0.2, 0.25) is 0 Å². The van der Waals surface area contributed by atoms with Crippen molar-refractivity contribution in [3.05, 3.63) is 65.4 Å². The first-order valence-electron chi connectivity index (χ1n) is 13.1. The zero-order valence-electron chi connectivity index (χ0n) is 22.6. The molecule has 2 aromatic carbocycles. The molecule has 0 amide bonds. The topological polar surface area (TPSA) is 52.2 Å². The summed E-state index contributed by atoms with van der Waals surface area (Å²) < 4.78 is 0. The van der Waals surface area contributed by atoms with Gasteiger partial charge in [-0.1, -0.05) is 38.1 Å². The molecule has 0 unspecified atom stereocenters. The molecule has 190 valence electrons. The summed E-state index contributed by atoms with van der Waals surface area (Å²) in [4.78, 5) is 23.6. The third kappa shape index (κ3) is 5.69. The number of fused-ring (bicyclic) bond motifs is 2. The smallest absolute Gasteiger partial charge is 0.133 e. The Morgan fingerprint density at radius 2 is 1.75 bits per heavy atom. The first-order valence-corrected chi connectivity index (χ1v) is 13.1. The number of nitrogens with one attached hydrogen (secondary N) is 1. The van der Waals surface area contributed by atoms with Gasteiger partial charge in [-0.25, -0.2) is 0 Å². The van der Waals surface area contributed by atoms with Crippen molar-refractivity contribution in [3.63, 3.8) is 0 Å². The highest BCUT2D eigenvalue weighted by atomic mass is 16.1. The fraction of sp³-hybridized carbons (Fsp3) is 0.419. The predicted molar refractivity (Wildman–Crippen MR) is 152 cm³/mol. The fourth-order valence-corrected chi connectivity index (χ4v) is 5.37. The number of benzene rings is 2. The molecule has 0 saturated carbocycles. The van der Waals surface area contributed by atoms with E-state index in [0.717, 1.165) is 43.4 Å². The van der Waals surface area contributed by atoms with Gasteiger partial charge < -0.3 is 14.7 Å². The number of aromatic nitrogens is 2. The highest BCUT2D eigenvalue weighted by molar-refractivity contribution is 6.00. The van der Waals surface area contributed by atoms with E-state index in [1.54, 1.807) is 0 Å². The Morgan fingerprint density at radius 3 is 2.42 bits per heavy atom. The van der Waals surface area contributed by atoms with Crippen LogP contribution in [0.3, 0.4) is 0 Å². The second-order valence-corrected chi connectivity index (χ2v) is 10.8. The van der Waals surface area contributed by atoms with Gasteiger partial charge in [0.15, 0.2) is 0 Å². The minimum absolute atomic E-state index is 0.399. The first kappa shape index (κ1) is 26.1. The van der Waals surface area contributed by atoms with Crippen LogP contribution in [0.1, 0.15) is 55.3 Å². The molecule has 36 heavy (non-hydrogen) atoms. The zero-order valence-corrected chi connectivity index (χ0v) is 22.6. The number of likely N-dealkylation sites (tertiary alicyclic amines) is 1. The SMILES string of the molecule is CN(C)C.Cc1cc(-c2[nH]c3ccc(C4CCN(CC=O)CC4)cc3c2C(C)C)c2ccccc2n1. The predicted octanol–water partition coefficient (Wildman–Crippen LogP) is 6.37. The third-order valence-corrected chi connectivity index (χ3v) is 6.95. The minimum Gasteiger partial charge on any atom is -0.354 e. The summed E-state index contributed by atoms with van der Waals surface area (Å²) in [5.74, 6) is 0.959. The van der Waals surface area contributed by atoms with E-state index in [2.05, 4.69) is 79.2 Å². The average molecular weight is 485 g/mol. The molecule has 4 aromatic rings. The number of aromatic amines is 1. The van der Waals surface area contributed by atoms with Crippen molar-refractivity contribution in [3.8, 4) is 11.3 Å². The molecule has 0 spiro atoms. The average Bonchev–Trinajstić information content (AvgIpc) is 3.23. The van der Waals surface area contributed by atoms with Crippen LogP contribution in [0.15, 0.2) is 48.5 Å². The van der Waals surface area contributed by atoms with Gasteiger partial charge in [0.25, 0.3) is 0 Å². The van der Waals surface area contributed by atoms with Crippen molar-refractivity contribution in [1.82, 2.24) is 19.8 Å². The summed E-state index contributed by atoms with van der Waals surface area (Å²) in [6.45, 7) is 9.20. The van der Waals surface area contributed by atoms with Gasteiger partial charge in [-0.05, 0) is 101 Å². The van der Waals surface area contributed by atoms with Crippen LogP contribution in [-0.2, 0) is 4.79 Å². The van der Waals surface area contributed by atoms with Gasteiger partial charge in [0.1, 0.15) is 6.29 Å². The van der Waals surface area contributed by atoms with Crippen molar-refractivity contribution >= 4 is 28.1 Å². The van der Waals surface area contributed by atoms with Crippen LogP contribution in [0.2, 0.25) is 0 Å². The van der Waals surface area contributed by atoms with Gasteiger partial charge >= 0.3 is 0 Å². The molecular formula is C31H40N4O. The lowest BCUT2D eigenvalue weighted by Crippen LogP contribution is -2.34. The van der Waals surface area contributed by atoms with E-state index in [0.29, 0.717) is 18.4 Å². The lowest BCUT2D eigenvalue weighted by atomic mass is 9.87. The van der Waals surface area contributed by atoms with E-state index in [9.17, 15) is 4.79 Å². The number of para-hydroxylation sites is 1. The number of carbonyl (C=O) groups is 1. The highest BCUT2D eigenvalue weighted by Gasteiger charge is 2.23. The molecule has 1 N–H and O–H groups in total. The molecule has 1 fully saturated rings. The van der Waals surface area contributed by atoms with E-state index < -0.39 is 0 Å². The Bertz CT molecular complexity index is 1330. The number of piperidine rings is 1. The van der Waals surface area contributed by atoms with Crippen molar-refractivity contribution in [2.45, 2.75) is 45.4 Å². The van der Waals surface area contributed by atoms with Gasteiger partial charge in [0, 0.05) is 27.5 Å². The summed E-state index contributed by atoms with van der Waals surface area (Å²) in [6.07, 6.45) is 3.25. The molecular weight excluding hydrogens is 444 g/mol. The maximum Gasteiger partial charge on any atom is 0.133 e.